The van der Waals surface area contributed by atoms with Crippen LogP contribution in [0.25, 0.3) is 0 Å². The standard InChI is InChI=1S/C14H24N2O3/c1-3-19-11(2)10-16-9-6-12(17)15-14(13(16)18)7-4-5-8-14/h11H,3-10H2,1-2H3,(H,15,17). The van der Waals surface area contributed by atoms with Crippen molar-refractivity contribution in [2.24, 2.45) is 0 Å². The van der Waals surface area contributed by atoms with Gasteiger partial charge in [-0.3, -0.25) is 9.59 Å². The minimum atomic E-state index is -0.625. The Balaban J connectivity index is 2.10. The predicted molar refractivity (Wildman–Crippen MR) is 71.6 cm³/mol. The average molecular weight is 268 g/mol. The van der Waals surface area contributed by atoms with E-state index < -0.39 is 5.54 Å². The highest BCUT2D eigenvalue weighted by Crippen LogP contribution is 2.33. The van der Waals surface area contributed by atoms with Gasteiger partial charge >= 0.3 is 0 Å². The van der Waals surface area contributed by atoms with Crippen molar-refractivity contribution < 1.29 is 14.3 Å². The molecule has 1 N–H and O–H groups in total. The van der Waals surface area contributed by atoms with Gasteiger partial charge in [0.2, 0.25) is 11.8 Å². The van der Waals surface area contributed by atoms with Crippen molar-refractivity contribution in [1.29, 1.82) is 0 Å². The molecule has 0 radical (unpaired) electrons. The second-order valence-corrected chi connectivity index (χ2v) is 5.60. The zero-order valence-electron chi connectivity index (χ0n) is 11.9. The number of amides is 2. The van der Waals surface area contributed by atoms with Crippen LogP contribution >= 0.6 is 0 Å². The molecule has 0 aromatic heterocycles. The molecule has 1 spiro atoms. The number of rotatable bonds is 4. The van der Waals surface area contributed by atoms with Crippen LogP contribution in [-0.4, -0.2) is 48.1 Å². The fraction of sp³-hybridized carbons (Fsp3) is 0.857. The molecule has 5 nitrogen and oxygen atoms in total. The molecule has 2 aliphatic rings. The van der Waals surface area contributed by atoms with E-state index in [1.807, 2.05) is 18.7 Å². The van der Waals surface area contributed by atoms with Crippen LogP contribution in [0, 0.1) is 0 Å². The molecule has 1 saturated carbocycles. The van der Waals surface area contributed by atoms with E-state index in [2.05, 4.69) is 5.32 Å². The summed E-state index contributed by atoms with van der Waals surface area (Å²) in [6.07, 6.45) is 3.99. The number of nitrogens with one attached hydrogen (secondary N) is 1. The summed E-state index contributed by atoms with van der Waals surface area (Å²) in [4.78, 5) is 26.3. The molecule has 2 amide bonds. The molecule has 0 bridgehead atoms. The number of carbonyl (C=O) groups excluding carboxylic acids is 2. The van der Waals surface area contributed by atoms with E-state index in [4.69, 9.17) is 4.74 Å². The van der Waals surface area contributed by atoms with Crippen molar-refractivity contribution in [1.82, 2.24) is 10.2 Å². The second-order valence-electron chi connectivity index (χ2n) is 5.60. The largest absolute Gasteiger partial charge is 0.377 e. The van der Waals surface area contributed by atoms with Gasteiger partial charge in [-0.1, -0.05) is 12.8 Å². The van der Waals surface area contributed by atoms with Crippen molar-refractivity contribution in [3.63, 3.8) is 0 Å². The Kier molecular flexibility index (Phi) is 4.45. The highest BCUT2D eigenvalue weighted by molar-refractivity contribution is 5.93. The lowest BCUT2D eigenvalue weighted by Crippen LogP contribution is -2.56. The lowest BCUT2D eigenvalue weighted by Gasteiger charge is -2.33. The third-order valence-corrected chi connectivity index (χ3v) is 4.07. The first kappa shape index (κ1) is 14.3. The summed E-state index contributed by atoms with van der Waals surface area (Å²) in [6.45, 7) is 5.64. The van der Waals surface area contributed by atoms with Crippen LogP contribution in [0.2, 0.25) is 0 Å². The first-order chi connectivity index (χ1) is 9.07. The van der Waals surface area contributed by atoms with E-state index in [1.165, 1.54) is 0 Å². The van der Waals surface area contributed by atoms with Gasteiger partial charge in [0.25, 0.3) is 0 Å². The molecule has 1 saturated heterocycles. The van der Waals surface area contributed by atoms with Crippen LogP contribution in [0.3, 0.4) is 0 Å². The topological polar surface area (TPSA) is 58.6 Å². The maximum Gasteiger partial charge on any atom is 0.248 e. The second kappa shape index (κ2) is 5.90. The average Bonchev–Trinajstić information content (AvgIpc) is 2.79. The first-order valence-corrected chi connectivity index (χ1v) is 7.29. The summed E-state index contributed by atoms with van der Waals surface area (Å²) in [7, 11) is 0. The summed E-state index contributed by atoms with van der Waals surface area (Å²) in [5, 5.41) is 2.97. The van der Waals surface area contributed by atoms with E-state index in [-0.39, 0.29) is 17.9 Å². The van der Waals surface area contributed by atoms with Crippen LogP contribution in [-0.2, 0) is 14.3 Å². The highest BCUT2D eigenvalue weighted by atomic mass is 16.5. The minimum Gasteiger partial charge on any atom is -0.377 e. The molecule has 1 aliphatic heterocycles. The van der Waals surface area contributed by atoms with Crippen molar-refractivity contribution in [2.45, 2.75) is 57.6 Å². The number of hydrogen-bond donors (Lipinski definition) is 1. The Bertz CT molecular complexity index is 351. The van der Waals surface area contributed by atoms with Crippen LogP contribution in [0.4, 0.5) is 0 Å². The smallest absolute Gasteiger partial charge is 0.248 e. The van der Waals surface area contributed by atoms with Gasteiger partial charge in [-0.15, -0.1) is 0 Å². The van der Waals surface area contributed by atoms with Gasteiger partial charge in [0.05, 0.1) is 6.10 Å². The summed E-state index contributed by atoms with van der Waals surface area (Å²) in [5.41, 5.74) is -0.625. The zero-order valence-corrected chi connectivity index (χ0v) is 11.9. The summed E-state index contributed by atoms with van der Waals surface area (Å²) < 4.78 is 5.51. The van der Waals surface area contributed by atoms with E-state index in [0.717, 1.165) is 25.7 Å². The quantitative estimate of drug-likeness (QED) is 0.830. The van der Waals surface area contributed by atoms with E-state index >= 15 is 0 Å². The van der Waals surface area contributed by atoms with Crippen molar-refractivity contribution in [2.75, 3.05) is 19.7 Å². The molecular formula is C14H24N2O3. The maximum atomic E-state index is 12.7. The number of nitrogens with zero attached hydrogens (tertiary/aromatic N) is 1. The maximum absolute atomic E-state index is 12.7. The van der Waals surface area contributed by atoms with Crippen LogP contribution in [0.1, 0.15) is 46.0 Å². The molecular weight excluding hydrogens is 244 g/mol. The fourth-order valence-electron chi connectivity index (χ4n) is 3.16. The third-order valence-electron chi connectivity index (χ3n) is 4.07. The van der Waals surface area contributed by atoms with E-state index in [0.29, 0.717) is 26.1 Å². The minimum absolute atomic E-state index is 0.00168. The Morgan fingerprint density at radius 3 is 2.68 bits per heavy atom. The molecule has 0 aromatic rings. The monoisotopic (exact) mass is 268 g/mol. The highest BCUT2D eigenvalue weighted by Gasteiger charge is 2.46. The summed E-state index contributed by atoms with van der Waals surface area (Å²) >= 11 is 0. The zero-order chi connectivity index (χ0) is 13.9. The Labute approximate surface area is 114 Å². The van der Waals surface area contributed by atoms with Gasteiger partial charge in [-0.05, 0) is 26.7 Å². The number of ether oxygens (including phenoxy) is 1. The number of hydrogen-bond acceptors (Lipinski definition) is 3. The van der Waals surface area contributed by atoms with Gasteiger partial charge in [-0.2, -0.15) is 0 Å². The van der Waals surface area contributed by atoms with Gasteiger partial charge in [0.1, 0.15) is 5.54 Å². The van der Waals surface area contributed by atoms with Crippen molar-refractivity contribution in [3.05, 3.63) is 0 Å². The van der Waals surface area contributed by atoms with Crippen LogP contribution in [0.5, 0.6) is 0 Å². The molecule has 1 atom stereocenters. The van der Waals surface area contributed by atoms with E-state index in [9.17, 15) is 9.59 Å². The summed E-state index contributed by atoms with van der Waals surface area (Å²) in [5.74, 6) is 0.0872. The van der Waals surface area contributed by atoms with Crippen LogP contribution < -0.4 is 5.32 Å². The van der Waals surface area contributed by atoms with Crippen LogP contribution in [0.15, 0.2) is 0 Å². The lowest BCUT2D eigenvalue weighted by molar-refractivity contribution is -0.140. The van der Waals surface area contributed by atoms with Crippen molar-refractivity contribution in [3.8, 4) is 0 Å². The number of carbonyl (C=O) groups is 2. The normalized spacial score (nSPS) is 24.4. The van der Waals surface area contributed by atoms with Gasteiger partial charge < -0.3 is 15.0 Å². The Hall–Kier alpha value is -1.10. The fourth-order valence-corrected chi connectivity index (χ4v) is 3.16. The molecule has 2 rings (SSSR count). The SMILES string of the molecule is CCOC(C)CN1CCC(=O)NC2(CCCC2)C1=O. The molecule has 1 unspecified atom stereocenters. The Morgan fingerprint density at radius 2 is 2.05 bits per heavy atom. The molecule has 1 aliphatic carbocycles. The van der Waals surface area contributed by atoms with Gasteiger partial charge in [0.15, 0.2) is 0 Å². The van der Waals surface area contributed by atoms with Gasteiger partial charge in [-0.25, -0.2) is 0 Å². The lowest BCUT2D eigenvalue weighted by atomic mass is 9.96. The van der Waals surface area contributed by atoms with Gasteiger partial charge in [0, 0.05) is 26.1 Å². The predicted octanol–water partition coefficient (Wildman–Crippen LogP) is 1.07. The first-order valence-electron chi connectivity index (χ1n) is 7.29. The molecule has 5 heteroatoms. The molecule has 2 fully saturated rings. The summed E-state index contributed by atoms with van der Waals surface area (Å²) in [6, 6.07) is 0. The molecule has 108 valence electrons. The molecule has 19 heavy (non-hydrogen) atoms. The van der Waals surface area contributed by atoms with E-state index in [1.54, 1.807) is 0 Å². The molecule has 1 heterocycles. The molecule has 0 aromatic carbocycles. The third kappa shape index (κ3) is 3.08. The van der Waals surface area contributed by atoms with Crippen molar-refractivity contribution >= 4 is 11.8 Å². The Morgan fingerprint density at radius 1 is 1.37 bits per heavy atom.